The molecule has 3 aromatic carbocycles. The Kier molecular flexibility index (Phi) is 6.35. The normalized spacial score (nSPS) is 11.1. The lowest BCUT2D eigenvalue weighted by Crippen LogP contribution is -2.23. The fourth-order valence-corrected chi connectivity index (χ4v) is 3.81. The molecule has 0 atom stereocenters. The number of fused-ring (bicyclic) bond motifs is 1. The van der Waals surface area contributed by atoms with Gasteiger partial charge in [-0.3, -0.25) is 14.9 Å². The molecule has 0 aliphatic carbocycles. The number of aromatic amines is 1. The van der Waals surface area contributed by atoms with Crippen LogP contribution in [-0.4, -0.2) is 21.1 Å². The number of pyridine rings is 1. The molecule has 5 aromatic rings. The summed E-state index contributed by atoms with van der Waals surface area (Å²) in [6, 6.07) is 27.4. The zero-order valence-corrected chi connectivity index (χ0v) is 19.3. The average Bonchev–Trinajstić information content (AvgIpc) is 3.30. The molecule has 6 heteroatoms. The zero-order chi connectivity index (χ0) is 24.0. The van der Waals surface area contributed by atoms with Crippen molar-refractivity contribution in [3.63, 3.8) is 0 Å². The lowest BCUT2D eigenvalue weighted by Gasteiger charge is -2.13. The van der Waals surface area contributed by atoms with E-state index < -0.39 is 0 Å². The van der Waals surface area contributed by atoms with Gasteiger partial charge in [-0.1, -0.05) is 48.0 Å². The van der Waals surface area contributed by atoms with Crippen molar-refractivity contribution in [3.8, 4) is 0 Å². The fraction of sp³-hybridized carbons (Fsp3) is 0.0690. The topological polar surface area (TPSA) is 82.7 Å². The van der Waals surface area contributed by atoms with Gasteiger partial charge in [-0.25, -0.2) is 0 Å². The quantitative estimate of drug-likeness (QED) is 0.274. The molecule has 0 bridgehead atoms. The summed E-state index contributed by atoms with van der Waals surface area (Å²) in [6.07, 6.45) is 5.65. The predicted octanol–water partition coefficient (Wildman–Crippen LogP) is 6.11. The van der Waals surface area contributed by atoms with Crippen LogP contribution in [0.15, 0.2) is 91.1 Å². The van der Waals surface area contributed by atoms with Gasteiger partial charge in [0.25, 0.3) is 5.91 Å². The highest BCUT2D eigenvalue weighted by molar-refractivity contribution is 6.00. The number of anilines is 2. The van der Waals surface area contributed by atoms with Gasteiger partial charge in [-0.2, -0.15) is 5.10 Å². The van der Waals surface area contributed by atoms with Crippen LogP contribution < -0.4 is 10.6 Å². The Morgan fingerprint density at radius 1 is 0.943 bits per heavy atom. The molecule has 5 rings (SSSR count). The van der Waals surface area contributed by atoms with E-state index in [0.29, 0.717) is 12.1 Å². The van der Waals surface area contributed by atoms with Crippen LogP contribution in [0.1, 0.15) is 32.9 Å². The van der Waals surface area contributed by atoms with E-state index in [1.807, 2.05) is 104 Å². The third kappa shape index (κ3) is 5.28. The van der Waals surface area contributed by atoms with Gasteiger partial charge in [0.05, 0.1) is 28.2 Å². The summed E-state index contributed by atoms with van der Waals surface area (Å²) in [6.45, 7) is 2.52. The number of aryl methyl sites for hydroxylation is 1. The summed E-state index contributed by atoms with van der Waals surface area (Å²) in [5, 5.41) is 14.9. The third-order valence-corrected chi connectivity index (χ3v) is 5.72. The van der Waals surface area contributed by atoms with E-state index in [2.05, 4.69) is 25.8 Å². The Labute approximate surface area is 203 Å². The van der Waals surface area contributed by atoms with E-state index in [4.69, 9.17) is 0 Å². The van der Waals surface area contributed by atoms with Crippen LogP contribution in [0.25, 0.3) is 23.1 Å². The van der Waals surface area contributed by atoms with Crippen molar-refractivity contribution in [3.05, 3.63) is 119 Å². The number of para-hydroxylation sites is 1. The van der Waals surface area contributed by atoms with Crippen LogP contribution in [0, 0.1) is 6.92 Å². The molecule has 0 saturated carbocycles. The van der Waals surface area contributed by atoms with Gasteiger partial charge in [0, 0.05) is 23.8 Å². The number of nitrogens with zero attached hydrogens (tertiary/aromatic N) is 2. The van der Waals surface area contributed by atoms with Crippen molar-refractivity contribution in [2.75, 3.05) is 5.32 Å². The number of amides is 1. The molecule has 3 N–H and O–H groups in total. The highest BCUT2D eigenvalue weighted by atomic mass is 16.1. The van der Waals surface area contributed by atoms with Gasteiger partial charge < -0.3 is 10.6 Å². The van der Waals surface area contributed by atoms with Crippen LogP contribution in [-0.2, 0) is 6.54 Å². The predicted molar refractivity (Wildman–Crippen MR) is 141 cm³/mol. The Morgan fingerprint density at radius 2 is 1.77 bits per heavy atom. The SMILES string of the molecule is Cc1ccc(CNC(=O)c2ccccc2Nc2ccc3c(/C=C/c4ccccn4)n[nH]c3c2)cc1. The molecule has 35 heavy (non-hydrogen) atoms. The van der Waals surface area contributed by atoms with E-state index in [9.17, 15) is 4.79 Å². The van der Waals surface area contributed by atoms with Crippen LogP contribution in [0.5, 0.6) is 0 Å². The minimum absolute atomic E-state index is 0.127. The molecule has 172 valence electrons. The summed E-state index contributed by atoms with van der Waals surface area (Å²) in [7, 11) is 0. The number of carbonyl (C=O) groups is 1. The number of rotatable bonds is 7. The first-order chi connectivity index (χ1) is 17.2. The fourth-order valence-electron chi connectivity index (χ4n) is 3.81. The minimum atomic E-state index is -0.127. The number of aromatic nitrogens is 3. The van der Waals surface area contributed by atoms with Crippen molar-refractivity contribution in [1.82, 2.24) is 20.5 Å². The largest absolute Gasteiger partial charge is 0.355 e. The van der Waals surface area contributed by atoms with E-state index >= 15 is 0 Å². The monoisotopic (exact) mass is 459 g/mol. The number of hydrogen-bond acceptors (Lipinski definition) is 4. The van der Waals surface area contributed by atoms with Gasteiger partial charge in [-0.05, 0) is 67.1 Å². The first-order valence-electron chi connectivity index (χ1n) is 11.4. The molecular formula is C29H25N5O. The van der Waals surface area contributed by atoms with Gasteiger partial charge in [0.2, 0.25) is 0 Å². The number of H-pyrrole nitrogens is 1. The maximum atomic E-state index is 12.9. The molecule has 2 heterocycles. The zero-order valence-electron chi connectivity index (χ0n) is 19.3. The van der Waals surface area contributed by atoms with E-state index in [-0.39, 0.29) is 5.91 Å². The number of carbonyl (C=O) groups excluding carboxylic acids is 1. The Balaban J connectivity index is 1.31. The minimum Gasteiger partial charge on any atom is -0.355 e. The van der Waals surface area contributed by atoms with Gasteiger partial charge >= 0.3 is 0 Å². The van der Waals surface area contributed by atoms with Crippen LogP contribution in [0.4, 0.5) is 11.4 Å². The standard InChI is InChI=1S/C29H25N5O/c1-20-9-11-21(12-10-20)19-31-29(35)25-7-2-3-8-26(25)32-23-13-15-24-27(33-34-28(24)18-23)16-14-22-6-4-5-17-30-22/h2-18,32H,19H2,1H3,(H,31,35)(H,33,34)/b16-14+. The Morgan fingerprint density at radius 3 is 2.60 bits per heavy atom. The molecule has 1 amide bonds. The summed E-state index contributed by atoms with van der Waals surface area (Å²) in [5.41, 5.74) is 7.06. The second kappa shape index (κ2) is 10.1. The number of nitrogens with one attached hydrogen (secondary N) is 3. The molecule has 0 spiro atoms. The molecule has 0 fully saturated rings. The van der Waals surface area contributed by atoms with Gasteiger partial charge in [0.15, 0.2) is 0 Å². The number of hydrogen-bond donors (Lipinski definition) is 3. The maximum absolute atomic E-state index is 12.9. The second-order valence-electron chi connectivity index (χ2n) is 8.30. The summed E-state index contributed by atoms with van der Waals surface area (Å²) in [4.78, 5) is 17.2. The smallest absolute Gasteiger partial charge is 0.253 e. The highest BCUT2D eigenvalue weighted by Gasteiger charge is 2.12. The molecule has 6 nitrogen and oxygen atoms in total. The van der Waals surface area contributed by atoms with Gasteiger partial charge in [-0.15, -0.1) is 0 Å². The average molecular weight is 460 g/mol. The van der Waals surface area contributed by atoms with E-state index in [1.165, 1.54) is 5.56 Å². The summed E-state index contributed by atoms with van der Waals surface area (Å²) in [5.74, 6) is -0.127. The maximum Gasteiger partial charge on any atom is 0.253 e. The first kappa shape index (κ1) is 22.1. The van der Waals surface area contributed by atoms with Crippen molar-refractivity contribution >= 4 is 40.3 Å². The van der Waals surface area contributed by atoms with Crippen LogP contribution in [0.2, 0.25) is 0 Å². The lowest BCUT2D eigenvalue weighted by molar-refractivity contribution is 0.0951. The van der Waals surface area contributed by atoms with Crippen molar-refractivity contribution < 1.29 is 4.79 Å². The Hall–Kier alpha value is -4.71. The number of benzene rings is 3. The van der Waals surface area contributed by atoms with Crippen molar-refractivity contribution in [1.29, 1.82) is 0 Å². The molecule has 0 aliphatic heterocycles. The Bertz CT molecular complexity index is 1490. The van der Waals surface area contributed by atoms with Crippen molar-refractivity contribution in [2.24, 2.45) is 0 Å². The highest BCUT2D eigenvalue weighted by Crippen LogP contribution is 2.26. The molecule has 0 saturated heterocycles. The second-order valence-corrected chi connectivity index (χ2v) is 8.30. The van der Waals surface area contributed by atoms with Gasteiger partial charge in [0.1, 0.15) is 0 Å². The summed E-state index contributed by atoms with van der Waals surface area (Å²) >= 11 is 0. The molecule has 0 unspecified atom stereocenters. The van der Waals surface area contributed by atoms with E-state index in [1.54, 1.807) is 6.20 Å². The van der Waals surface area contributed by atoms with Crippen molar-refractivity contribution in [2.45, 2.75) is 13.5 Å². The molecule has 2 aromatic heterocycles. The molecule has 0 radical (unpaired) electrons. The lowest BCUT2D eigenvalue weighted by atomic mass is 10.1. The third-order valence-electron chi connectivity index (χ3n) is 5.72. The van der Waals surface area contributed by atoms with E-state index in [0.717, 1.165) is 39.2 Å². The molecular weight excluding hydrogens is 434 g/mol. The van der Waals surface area contributed by atoms with Crippen LogP contribution >= 0.6 is 0 Å². The molecule has 0 aliphatic rings. The first-order valence-corrected chi connectivity index (χ1v) is 11.4. The van der Waals surface area contributed by atoms with Crippen LogP contribution in [0.3, 0.4) is 0 Å². The summed E-state index contributed by atoms with van der Waals surface area (Å²) < 4.78 is 0.